The van der Waals surface area contributed by atoms with E-state index >= 15 is 0 Å². The molecular weight excluding hydrogens is 270 g/mol. The van der Waals surface area contributed by atoms with Gasteiger partial charge in [0, 0.05) is 11.4 Å². The van der Waals surface area contributed by atoms with Crippen molar-refractivity contribution >= 4 is 22.4 Å². The Labute approximate surface area is 125 Å². The summed E-state index contributed by atoms with van der Waals surface area (Å²) < 4.78 is 0. The van der Waals surface area contributed by atoms with E-state index in [4.69, 9.17) is 5.73 Å². The molecule has 1 heterocycles. The average molecular weight is 295 g/mol. The normalized spacial score (nSPS) is 23.6. The SMILES string of the molecule is CCC(C)(C)C1CCC(NC(=O)c2csc(N)n2)CC1. The van der Waals surface area contributed by atoms with Crippen LogP contribution in [0.1, 0.15) is 63.4 Å². The fourth-order valence-corrected chi connectivity index (χ4v) is 3.50. The molecule has 1 aromatic heterocycles. The number of nitrogens with two attached hydrogens (primary N) is 1. The van der Waals surface area contributed by atoms with Crippen LogP contribution in [0, 0.1) is 11.3 Å². The van der Waals surface area contributed by atoms with Crippen LogP contribution >= 0.6 is 11.3 Å². The van der Waals surface area contributed by atoms with E-state index in [0.717, 1.165) is 18.8 Å². The highest BCUT2D eigenvalue weighted by Gasteiger charge is 2.32. The number of carbonyl (C=O) groups excluding carboxylic acids is 1. The molecule has 0 radical (unpaired) electrons. The lowest BCUT2D eigenvalue weighted by Gasteiger charge is -2.39. The van der Waals surface area contributed by atoms with Crippen LogP contribution in [0.15, 0.2) is 5.38 Å². The van der Waals surface area contributed by atoms with Crippen molar-refractivity contribution in [1.82, 2.24) is 10.3 Å². The summed E-state index contributed by atoms with van der Waals surface area (Å²) in [6.07, 6.45) is 5.75. The standard InChI is InChI=1S/C15H25N3OS/c1-4-15(2,3)10-5-7-11(8-6-10)17-13(19)12-9-20-14(16)18-12/h9-11H,4-8H2,1-3H3,(H2,16,18)(H,17,19). The zero-order valence-corrected chi connectivity index (χ0v) is 13.4. The van der Waals surface area contributed by atoms with Crippen molar-refractivity contribution in [2.24, 2.45) is 11.3 Å². The Hall–Kier alpha value is -1.10. The summed E-state index contributed by atoms with van der Waals surface area (Å²) in [4.78, 5) is 16.1. The zero-order chi connectivity index (χ0) is 14.8. The highest BCUT2D eigenvalue weighted by Crippen LogP contribution is 2.40. The van der Waals surface area contributed by atoms with Crippen molar-refractivity contribution in [2.75, 3.05) is 5.73 Å². The van der Waals surface area contributed by atoms with Gasteiger partial charge >= 0.3 is 0 Å². The lowest BCUT2D eigenvalue weighted by molar-refractivity contribution is 0.0889. The lowest BCUT2D eigenvalue weighted by atomic mass is 9.69. The number of anilines is 1. The van der Waals surface area contributed by atoms with Gasteiger partial charge in [0.2, 0.25) is 0 Å². The van der Waals surface area contributed by atoms with Gasteiger partial charge < -0.3 is 11.1 Å². The number of thiazole rings is 1. The molecule has 5 heteroatoms. The second-order valence-corrected chi connectivity index (χ2v) is 7.32. The van der Waals surface area contributed by atoms with Gasteiger partial charge in [-0.05, 0) is 37.0 Å². The van der Waals surface area contributed by atoms with Gasteiger partial charge in [-0.15, -0.1) is 11.3 Å². The quantitative estimate of drug-likeness (QED) is 0.894. The first kappa shape index (κ1) is 15.3. The number of nitrogens with zero attached hydrogens (tertiary/aromatic N) is 1. The maximum absolute atomic E-state index is 12.0. The molecule has 0 aliphatic heterocycles. The highest BCUT2D eigenvalue weighted by molar-refractivity contribution is 7.13. The van der Waals surface area contributed by atoms with Crippen LogP contribution in [0.25, 0.3) is 0 Å². The van der Waals surface area contributed by atoms with Crippen molar-refractivity contribution in [3.8, 4) is 0 Å². The number of aromatic nitrogens is 1. The number of rotatable bonds is 4. The van der Waals surface area contributed by atoms with Gasteiger partial charge in [0.1, 0.15) is 5.69 Å². The molecule has 1 fully saturated rings. The molecule has 112 valence electrons. The van der Waals surface area contributed by atoms with Crippen LogP contribution < -0.4 is 11.1 Å². The van der Waals surface area contributed by atoms with E-state index in [0.29, 0.717) is 16.2 Å². The molecule has 0 aromatic carbocycles. The topological polar surface area (TPSA) is 68.0 Å². The summed E-state index contributed by atoms with van der Waals surface area (Å²) in [7, 11) is 0. The van der Waals surface area contributed by atoms with Crippen molar-refractivity contribution in [2.45, 2.75) is 58.9 Å². The smallest absolute Gasteiger partial charge is 0.271 e. The van der Waals surface area contributed by atoms with Gasteiger partial charge in [0.25, 0.3) is 5.91 Å². The minimum absolute atomic E-state index is 0.0869. The molecule has 1 saturated carbocycles. The summed E-state index contributed by atoms with van der Waals surface area (Å²) in [5.74, 6) is 0.687. The van der Waals surface area contributed by atoms with E-state index in [9.17, 15) is 4.79 Å². The Morgan fingerprint density at radius 3 is 2.60 bits per heavy atom. The Morgan fingerprint density at radius 2 is 2.10 bits per heavy atom. The van der Waals surface area contributed by atoms with Crippen molar-refractivity contribution in [3.63, 3.8) is 0 Å². The number of hydrogen-bond acceptors (Lipinski definition) is 4. The predicted octanol–water partition coefficient (Wildman–Crippen LogP) is 3.45. The van der Waals surface area contributed by atoms with Crippen molar-refractivity contribution in [1.29, 1.82) is 0 Å². The summed E-state index contributed by atoms with van der Waals surface area (Å²) in [6, 6.07) is 0.286. The zero-order valence-electron chi connectivity index (χ0n) is 12.6. The summed E-state index contributed by atoms with van der Waals surface area (Å²) in [6.45, 7) is 6.98. The molecule has 1 aliphatic carbocycles. The third-order valence-electron chi connectivity index (χ3n) is 4.83. The first-order chi connectivity index (χ1) is 9.42. The first-order valence-electron chi connectivity index (χ1n) is 7.44. The molecule has 0 bridgehead atoms. The fourth-order valence-electron chi connectivity index (χ4n) is 2.96. The molecule has 0 atom stereocenters. The van der Waals surface area contributed by atoms with Gasteiger partial charge in [-0.1, -0.05) is 27.2 Å². The van der Waals surface area contributed by atoms with E-state index in [1.807, 2.05) is 0 Å². The number of hydrogen-bond donors (Lipinski definition) is 2. The number of amides is 1. The minimum Gasteiger partial charge on any atom is -0.375 e. The van der Waals surface area contributed by atoms with Crippen LogP contribution in [0.5, 0.6) is 0 Å². The second-order valence-electron chi connectivity index (χ2n) is 6.44. The van der Waals surface area contributed by atoms with E-state index < -0.39 is 0 Å². The monoisotopic (exact) mass is 295 g/mol. The van der Waals surface area contributed by atoms with Gasteiger partial charge in [0.15, 0.2) is 5.13 Å². The molecule has 4 nitrogen and oxygen atoms in total. The van der Waals surface area contributed by atoms with Crippen LogP contribution in [0.4, 0.5) is 5.13 Å². The van der Waals surface area contributed by atoms with Gasteiger partial charge in [0.05, 0.1) is 0 Å². The Morgan fingerprint density at radius 1 is 1.45 bits per heavy atom. The Balaban J connectivity index is 1.84. The largest absolute Gasteiger partial charge is 0.375 e. The molecule has 1 aliphatic rings. The van der Waals surface area contributed by atoms with Crippen LogP contribution in [-0.2, 0) is 0 Å². The second kappa shape index (κ2) is 6.12. The Bertz CT molecular complexity index is 461. The van der Waals surface area contributed by atoms with Crippen molar-refractivity contribution in [3.05, 3.63) is 11.1 Å². The maximum Gasteiger partial charge on any atom is 0.271 e. The third kappa shape index (κ3) is 3.51. The summed E-state index contributed by atoms with van der Waals surface area (Å²) in [5.41, 5.74) is 6.42. The fraction of sp³-hybridized carbons (Fsp3) is 0.733. The lowest BCUT2D eigenvalue weighted by Crippen LogP contribution is -2.40. The molecular formula is C15H25N3OS. The molecule has 2 rings (SSSR count). The van der Waals surface area contributed by atoms with Gasteiger partial charge in [-0.25, -0.2) is 4.98 Å². The van der Waals surface area contributed by atoms with Crippen LogP contribution in [0.3, 0.4) is 0 Å². The number of nitrogens with one attached hydrogen (secondary N) is 1. The van der Waals surface area contributed by atoms with Gasteiger partial charge in [-0.2, -0.15) is 0 Å². The van der Waals surface area contributed by atoms with Crippen LogP contribution in [0.2, 0.25) is 0 Å². The van der Waals surface area contributed by atoms with Crippen LogP contribution in [-0.4, -0.2) is 16.9 Å². The van der Waals surface area contributed by atoms with E-state index in [-0.39, 0.29) is 11.9 Å². The number of carbonyl (C=O) groups is 1. The summed E-state index contributed by atoms with van der Waals surface area (Å²) in [5, 5.41) is 5.25. The van der Waals surface area contributed by atoms with Gasteiger partial charge in [-0.3, -0.25) is 4.79 Å². The molecule has 0 saturated heterocycles. The van der Waals surface area contributed by atoms with Crippen molar-refractivity contribution < 1.29 is 4.79 Å². The summed E-state index contributed by atoms with van der Waals surface area (Å²) >= 11 is 1.31. The first-order valence-corrected chi connectivity index (χ1v) is 8.32. The predicted molar refractivity (Wildman–Crippen MR) is 83.8 cm³/mol. The molecule has 3 N–H and O–H groups in total. The highest BCUT2D eigenvalue weighted by atomic mass is 32.1. The number of nitrogen functional groups attached to an aromatic ring is 1. The molecule has 0 unspecified atom stereocenters. The molecule has 0 spiro atoms. The molecule has 1 amide bonds. The Kier molecular flexibility index (Phi) is 4.68. The maximum atomic E-state index is 12.0. The van der Waals surface area contributed by atoms with E-state index in [2.05, 4.69) is 31.1 Å². The van der Waals surface area contributed by atoms with E-state index in [1.165, 1.54) is 30.6 Å². The molecule has 20 heavy (non-hydrogen) atoms. The minimum atomic E-state index is -0.0869. The molecule has 1 aromatic rings. The van der Waals surface area contributed by atoms with E-state index in [1.54, 1.807) is 5.38 Å². The third-order valence-corrected chi connectivity index (χ3v) is 5.51. The average Bonchev–Trinajstić information content (AvgIpc) is 2.86.